The molecule has 1 amide bonds. The molecule has 0 fully saturated rings. The summed E-state index contributed by atoms with van der Waals surface area (Å²) in [6, 6.07) is 5.52. The van der Waals surface area contributed by atoms with Crippen molar-refractivity contribution in [1.29, 1.82) is 0 Å². The Labute approximate surface area is 178 Å². The quantitative estimate of drug-likeness (QED) is 0.453. The van der Waals surface area contributed by atoms with Gasteiger partial charge in [-0.25, -0.2) is 4.68 Å². The van der Waals surface area contributed by atoms with Gasteiger partial charge in [0.15, 0.2) is 11.7 Å². The number of phenolic OH excluding ortho intramolecular Hbond substituents is 1. The summed E-state index contributed by atoms with van der Waals surface area (Å²) in [6.45, 7) is 1.76. The van der Waals surface area contributed by atoms with Gasteiger partial charge in [0.1, 0.15) is 16.6 Å². The van der Waals surface area contributed by atoms with E-state index in [-0.39, 0.29) is 34.4 Å². The van der Waals surface area contributed by atoms with Crippen molar-refractivity contribution < 1.29 is 23.1 Å². The van der Waals surface area contributed by atoms with Gasteiger partial charge in [0, 0.05) is 11.3 Å². The molecule has 1 aliphatic heterocycles. The lowest BCUT2D eigenvalue weighted by Crippen LogP contribution is -2.35. The highest BCUT2D eigenvalue weighted by atomic mass is 35.5. The fourth-order valence-electron chi connectivity index (χ4n) is 3.34. The van der Waals surface area contributed by atoms with E-state index >= 15 is 0 Å². The van der Waals surface area contributed by atoms with Gasteiger partial charge in [0.2, 0.25) is 0 Å². The van der Waals surface area contributed by atoms with Crippen LogP contribution in [0.5, 0.6) is 5.75 Å². The molecule has 6 nitrogen and oxygen atoms in total. The van der Waals surface area contributed by atoms with Crippen LogP contribution in [0.25, 0.3) is 0 Å². The molecule has 3 heterocycles. The summed E-state index contributed by atoms with van der Waals surface area (Å²) in [6.07, 6.45) is -4.86. The predicted molar refractivity (Wildman–Crippen MR) is 108 cm³/mol. The maximum atomic E-state index is 13.8. The lowest BCUT2D eigenvalue weighted by atomic mass is 10.0. The number of thiophene rings is 1. The normalized spacial score (nSPS) is 18.6. The first-order valence-electron chi connectivity index (χ1n) is 8.90. The van der Waals surface area contributed by atoms with Crippen LogP contribution in [0.3, 0.4) is 0 Å². The van der Waals surface area contributed by atoms with E-state index in [9.17, 15) is 23.1 Å². The molecular formula is C19H16ClF3N4O2S. The number of carbonyl (C=O) groups excluding carboxylic acids is 1. The Kier molecular flexibility index (Phi) is 5.15. The molecule has 2 unspecified atom stereocenters. The van der Waals surface area contributed by atoms with Crippen LogP contribution in [-0.4, -0.2) is 27.0 Å². The summed E-state index contributed by atoms with van der Waals surface area (Å²) in [7, 11) is 0. The van der Waals surface area contributed by atoms with Crippen molar-refractivity contribution in [2.45, 2.75) is 31.6 Å². The number of nitrogens with zero attached hydrogens (tertiary/aromatic N) is 2. The molecule has 1 aliphatic rings. The maximum absolute atomic E-state index is 13.8. The maximum Gasteiger partial charge on any atom is 0.410 e. The van der Waals surface area contributed by atoms with E-state index in [1.165, 1.54) is 23.5 Å². The summed E-state index contributed by atoms with van der Waals surface area (Å²) in [5.41, 5.74) is 0.524. The van der Waals surface area contributed by atoms with Crippen molar-refractivity contribution in [2.75, 3.05) is 10.6 Å². The van der Waals surface area contributed by atoms with Crippen molar-refractivity contribution in [1.82, 2.24) is 9.78 Å². The van der Waals surface area contributed by atoms with Crippen LogP contribution < -0.4 is 10.6 Å². The molecule has 2 atom stereocenters. The average molecular weight is 457 g/mol. The number of nitrogens with one attached hydrogen (secondary N) is 2. The van der Waals surface area contributed by atoms with E-state index < -0.39 is 24.2 Å². The van der Waals surface area contributed by atoms with Crippen molar-refractivity contribution in [3.63, 3.8) is 0 Å². The van der Waals surface area contributed by atoms with Gasteiger partial charge in [-0.05, 0) is 36.1 Å². The second kappa shape index (κ2) is 7.51. The van der Waals surface area contributed by atoms with Crippen molar-refractivity contribution in [2.24, 2.45) is 0 Å². The second-order valence-corrected chi connectivity index (χ2v) is 8.29. The number of anilines is 2. The molecule has 158 valence electrons. The van der Waals surface area contributed by atoms with Gasteiger partial charge >= 0.3 is 6.18 Å². The fraction of sp³-hybridized carbons (Fsp3) is 0.263. The molecule has 1 aromatic carbocycles. The van der Waals surface area contributed by atoms with Gasteiger partial charge in [0.25, 0.3) is 5.91 Å². The van der Waals surface area contributed by atoms with Crippen LogP contribution in [-0.2, 0) is 0 Å². The number of benzene rings is 1. The highest BCUT2D eigenvalue weighted by molar-refractivity contribution is 7.10. The third kappa shape index (κ3) is 3.72. The minimum Gasteiger partial charge on any atom is -0.506 e. The molecule has 0 saturated carbocycles. The molecule has 30 heavy (non-hydrogen) atoms. The number of phenols is 1. The van der Waals surface area contributed by atoms with Crippen LogP contribution in [0.1, 0.15) is 39.4 Å². The first kappa shape index (κ1) is 20.5. The zero-order valence-electron chi connectivity index (χ0n) is 15.5. The third-order valence-corrected chi connectivity index (χ3v) is 6.14. The number of aromatic hydroxyl groups is 1. The molecule has 3 aromatic rings. The van der Waals surface area contributed by atoms with Gasteiger partial charge < -0.3 is 15.7 Å². The number of aryl methyl sites for hydroxylation is 1. The van der Waals surface area contributed by atoms with E-state index in [2.05, 4.69) is 15.7 Å². The zero-order chi connectivity index (χ0) is 21.6. The molecule has 2 aromatic heterocycles. The summed E-state index contributed by atoms with van der Waals surface area (Å²) < 4.78 is 42.0. The topological polar surface area (TPSA) is 79.2 Å². The molecule has 11 heteroatoms. The number of aromatic nitrogens is 2. The van der Waals surface area contributed by atoms with Crippen molar-refractivity contribution >= 4 is 40.4 Å². The molecule has 0 aliphatic carbocycles. The first-order valence-corrected chi connectivity index (χ1v) is 10.2. The lowest BCUT2D eigenvalue weighted by Gasteiger charge is -2.32. The largest absolute Gasteiger partial charge is 0.506 e. The van der Waals surface area contributed by atoms with Gasteiger partial charge in [-0.1, -0.05) is 23.7 Å². The van der Waals surface area contributed by atoms with E-state index in [0.29, 0.717) is 0 Å². The fourth-order valence-corrected chi connectivity index (χ4v) is 4.40. The zero-order valence-corrected chi connectivity index (χ0v) is 17.1. The summed E-state index contributed by atoms with van der Waals surface area (Å²) in [4.78, 5) is 13.4. The number of halogens is 4. The minimum absolute atomic E-state index is 0.0674. The molecule has 3 N–H and O–H groups in total. The number of hydrogen-bond donors (Lipinski definition) is 3. The summed E-state index contributed by atoms with van der Waals surface area (Å²) >= 11 is 7.61. The molecule has 4 rings (SSSR count). The molecular weight excluding hydrogens is 441 g/mol. The van der Waals surface area contributed by atoms with E-state index in [4.69, 9.17) is 11.6 Å². The number of amides is 1. The number of fused-ring (bicyclic) bond motifs is 1. The van der Waals surface area contributed by atoms with Crippen molar-refractivity contribution in [3.05, 3.63) is 56.9 Å². The van der Waals surface area contributed by atoms with Gasteiger partial charge in [-0.15, -0.1) is 11.3 Å². The molecule has 0 radical (unpaired) electrons. The Morgan fingerprint density at radius 3 is 2.83 bits per heavy atom. The second-order valence-electron chi connectivity index (χ2n) is 6.94. The predicted octanol–water partition coefficient (Wildman–Crippen LogP) is 5.52. The van der Waals surface area contributed by atoms with Crippen molar-refractivity contribution in [3.8, 4) is 5.75 Å². The van der Waals surface area contributed by atoms with Gasteiger partial charge in [-0.2, -0.15) is 18.3 Å². The molecule has 0 bridgehead atoms. The van der Waals surface area contributed by atoms with Gasteiger partial charge in [-0.3, -0.25) is 4.79 Å². The number of rotatable bonds is 3. The van der Waals surface area contributed by atoms with Crippen LogP contribution >= 0.6 is 22.9 Å². The first-order chi connectivity index (χ1) is 14.1. The molecule has 0 saturated heterocycles. The average Bonchev–Trinajstić information content (AvgIpc) is 3.32. The third-order valence-electron chi connectivity index (χ3n) is 4.80. The van der Waals surface area contributed by atoms with Crippen LogP contribution in [0.15, 0.2) is 35.7 Å². The SMILES string of the molecule is Cc1ccc(O)c(NC(=O)c2nn3c(c2Cl)NC(c2cccs2)CC3C(F)(F)F)c1. The number of carbonyl (C=O) groups is 1. The molecule has 0 spiro atoms. The van der Waals surface area contributed by atoms with Crippen LogP contribution in [0.2, 0.25) is 5.02 Å². The smallest absolute Gasteiger partial charge is 0.410 e. The Morgan fingerprint density at radius 2 is 2.17 bits per heavy atom. The Bertz CT molecular complexity index is 1100. The van der Waals surface area contributed by atoms with Crippen LogP contribution in [0, 0.1) is 6.92 Å². The van der Waals surface area contributed by atoms with E-state index in [1.54, 1.807) is 30.5 Å². The number of alkyl halides is 3. The van der Waals surface area contributed by atoms with Crippen LogP contribution in [0.4, 0.5) is 24.7 Å². The monoisotopic (exact) mass is 456 g/mol. The standard InChI is InChI=1S/C19H16ClF3N4O2S/c1-9-4-5-12(28)10(7-9)25-18(29)16-15(20)17-24-11(13-3-2-6-30-13)8-14(19(21,22)23)27(17)26-16/h2-7,11,14,24,28H,8H2,1H3,(H,25,29). The Balaban J connectivity index is 1.71. The summed E-state index contributed by atoms with van der Waals surface area (Å²) in [5.74, 6) is -1.07. The van der Waals surface area contributed by atoms with Gasteiger partial charge in [0.05, 0.1) is 11.7 Å². The summed E-state index contributed by atoms with van der Waals surface area (Å²) in [5, 5.41) is 20.8. The number of hydrogen-bond acceptors (Lipinski definition) is 5. The highest BCUT2D eigenvalue weighted by Crippen LogP contribution is 2.47. The Morgan fingerprint density at radius 1 is 1.40 bits per heavy atom. The van der Waals surface area contributed by atoms with E-state index in [1.807, 2.05) is 0 Å². The minimum atomic E-state index is -4.58. The lowest BCUT2D eigenvalue weighted by molar-refractivity contribution is -0.173. The van der Waals surface area contributed by atoms with E-state index in [0.717, 1.165) is 15.1 Å². The highest BCUT2D eigenvalue weighted by Gasteiger charge is 2.48. The Hall–Kier alpha value is -2.72.